The molecule has 0 bridgehead atoms. The van der Waals surface area contributed by atoms with Crippen LogP contribution < -0.4 is 15.4 Å². The lowest BCUT2D eigenvalue weighted by atomic mass is 10.2. The number of carbonyl (C=O) groups excluding carboxylic acids is 2. The molecule has 0 spiro atoms. The molecule has 0 unspecified atom stereocenters. The van der Waals surface area contributed by atoms with Gasteiger partial charge in [-0.05, 0) is 30.2 Å². The monoisotopic (exact) mass is 264 g/mol. The fourth-order valence-corrected chi connectivity index (χ4v) is 1.41. The van der Waals surface area contributed by atoms with Gasteiger partial charge in [-0.3, -0.25) is 9.59 Å². The number of nitrogens with one attached hydrogen (secondary N) is 2. The van der Waals surface area contributed by atoms with E-state index in [4.69, 9.17) is 4.74 Å². The summed E-state index contributed by atoms with van der Waals surface area (Å²) in [6, 6.07) is 6.94. The molecule has 0 heterocycles. The molecule has 1 aromatic carbocycles. The second-order valence-corrected chi connectivity index (χ2v) is 4.65. The Morgan fingerprint density at radius 3 is 2.32 bits per heavy atom. The maximum Gasteiger partial charge on any atom is 0.233 e. The normalized spacial score (nSPS) is 10.1. The number of anilines is 1. The molecule has 5 heteroatoms. The molecule has 0 radical (unpaired) electrons. The van der Waals surface area contributed by atoms with E-state index in [1.807, 2.05) is 13.8 Å². The Morgan fingerprint density at radius 1 is 1.16 bits per heavy atom. The van der Waals surface area contributed by atoms with Gasteiger partial charge in [0.25, 0.3) is 0 Å². The zero-order chi connectivity index (χ0) is 14.3. The topological polar surface area (TPSA) is 67.4 Å². The molecule has 1 rings (SSSR count). The SMILES string of the molecule is COc1ccc(NC(=O)CC(=O)NCC(C)C)cc1. The zero-order valence-electron chi connectivity index (χ0n) is 11.5. The van der Waals surface area contributed by atoms with Crippen LogP contribution in [0.2, 0.25) is 0 Å². The summed E-state index contributed by atoms with van der Waals surface area (Å²) in [6.45, 7) is 4.57. The van der Waals surface area contributed by atoms with Crippen LogP contribution in [0, 0.1) is 5.92 Å². The predicted molar refractivity (Wildman–Crippen MR) is 74.1 cm³/mol. The summed E-state index contributed by atoms with van der Waals surface area (Å²) in [7, 11) is 1.58. The highest BCUT2D eigenvalue weighted by atomic mass is 16.5. The molecular weight excluding hydrogens is 244 g/mol. The molecule has 2 N–H and O–H groups in total. The van der Waals surface area contributed by atoms with Gasteiger partial charge in [-0.15, -0.1) is 0 Å². The number of methoxy groups -OCH3 is 1. The van der Waals surface area contributed by atoms with E-state index >= 15 is 0 Å². The maximum atomic E-state index is 11.6. The van der Waals surface area contributed by atoms with Gasteiger partial charge in [0.15, 0.2) is 0 Å². The van der Waals surface area contributed by atoms with Crippen LogP contribution in [0.4, 0.5) is 5.69 Å². The van der Waals surface area contributed by atoms with Crippen LogP contribution in [0.15, 0.2) is 24.3 Å². The van der Waals surface area contributed by atoms with Crippen molar-refractivity contribution in [1.82, 2.24) is 5.32 Å². The number of carbonyl (C=O) groups is 2. The van der Waals surface area contributed by atoms with E-state index in [1.54, 1.807) is 31.4 Å². The Labute approximate surface area is 113 Å². The van der Waals surface area contributed by atoms with Gasteiger partial charge < -0.3 is 15.4 Å². The van der Waals surface area contributed by atoms with E-state index < -0.39 is 0 Å². The van der Waals surface area contributed by atoms with Crippen LogP contribution in [-0.2, 0) is 9.59 Å². The van der Waals surface area contributed by atoms with Gasteiger partial charge in [0.05, 0.1) is 7.11 Å². The highest BCUT2D eigenvalue weighted by molar-refractivity contribution is 6.03. The number of ether oxygens (including phenoxy) is 1. The molecule has 0 aliphatic carbocycles. The minimum Gasteiger partial charge on any atom is -0.497 e. The van der Waals surface area contributed by atoms with Crippen molar-refractivity contribution in [2.75, 3.05) is 19.0 Å². The van der Waals surface area contributed by atoms with Crippen molar-refractivity contribution < 1.29 is 14.3 Å². The third-order valence-electron chi connectivity index (χ3n) is 2.40. The highest BCUT2D eigenvalue weighted by Crippen LogP contribution is 2.14. The Balaban J connectivity index is 2.39. The van der Waals surface area contributed by atoms with Crippen LogP contribution in [0.3, 0.4) is 0 Å². The van der Waals surface area contributed by atoms with Crippen molar-refractivity contribution in [3.8, 4) is 5.75 Å². The van der Waals surface area contributed by atoms with Crippen LogP contribution in [0.25, 0.3) is 0 Å². The largest absolute Gasteiger partial charge is 0.497 e. The lowest BCUT2D eigenvalue weighted by Crippen LogP contribution is -2.30. The average Bonchev–Trinajstić information content (AvgIpc) is 2.37. The van der Waals surface area contributed by atoms with E-state index in [0.29, 0.717) is 23.9 Å². The Bertz CT molecular complexity index is 427. The summed E-state index contributed by atoms with van der Waals surface area (Å²) in [4.78, 5) is 23.1. The van der Waals surface area contributed by atoms with Gasteiger partial charge >= 0.3 is 0 Å². The van der Waals surface area contributed by atoms with E-state index in [2.05, 4.69) is 10.6 Å². The first-order valence-electron chi connectivity index (χ1n) is 6.22. The van der Waals surface area contributed by atoms with E-state index in [0.717, 1.165) is 0 Å². The fraction of sp³-hybridized carbons (Fsp3) is 0.429. The standard InChI is InChI=1S/C14H20N2O3/c1-10(2)9-15-13(17)8-14(18)16-11-4-6-12(19-3)7-5-11/h4-7,10H,8-9H2,1-3H3,(H,15,17)(H,16,18). The molecule has 2 amide bonds. The third kappa shape index (κ3) is 5.90. The molecule has 1 aromatic rings. The molecule has 0 aromatic heterocycles. The van der Waals surface area contributed by atoms with Crippen molar-refractivity contribution in [1.29, 1.82) is 0 Å². The summed E-state index contributed by atoms with van der Waals surface area (Å²) < 4.78 is 5.02. The van der Waals surface area contributed by atoms with Crippen molar-refractivity contribution in [3.05, 3.63) is 24.3 Å². The minimum atomic E-state index is -0.327. The van der Waals surface area contributed by atoms with Crippen molar-refractivity contribution in [3.63, 3.8) is 0 Å². The smallest absolute Gasteiger partial charge is 0.233 e. The molecule has 0 aliphatic rings. The van der Waals surface area contributed by atoms with Crippen LogP contribution in [0.5, 0.6) is 5.75 Å². The van der Waals surface area contributed by atoms with Gasteiger partial charge in [0, 0.05) is 12.2 Å². The van der Waals surface area contributed by atoms with Gasteiger partial charge in [-0.1, -0.05) is 13.8 Å². The van der Waals surface area contributed by atoms with Crippen LogP contribution in [0.1, 0.15) is 20.3 Å². The first kappa shape index (κ1) is 15.0. The molecular formula is C14H20N2O3. The molecule has 0 saturated heterocycles. The lowest BCUT2D eigenvalue weighted by molar-refractivity contribution is -0.126. The van der Waals surface area contributed by atoms with E-state index in [1.165, 1.54) is 0 Å². The van der Waals surface area contributed by atoms with Gasteiger partial charge in [-0.25, -0.2) is 0 Å². The highest BCUT2D eigenvalue weighted by Gasteiger charge is 2.09. The van der Waals surface area contributed by atoms with Crippen molar-refractivity contribution in [2.24, 2.45) is 5.92 Å². The zero-order valence-corrected chi connectivity index (χ0v) is 11.5. The number of amides is 2. The molecule has 0 aliphatic heterocycles. The summed E-state index contributed by atoms with van der Waals surface area (Å²) in [6.07, 6.45) is -0.168. The number of hydrogen-bond donors (Lipinski definition) is 2. The van der Waals surface area contributed by atoms with Crippen molar-refractivity contribution in [2.45, 2.75) is 20.3 Å². The summed E-state index contributed by atoms with van der Waals surface area (Å²) >= 11 is 0. The van der Waals surface area contributed by atoms with Crippen LogP contribution in [-0.4, -0.2) is 25.5 Å². The predicted octanol–water partition coefficient (Wildman–Crippen LogP) is 1.80. The van der Waals surface area contributed by atoms with E-state index in [-0.39, 0.29) is 18.2 Å². The maximum absolute atomic E-state index is 11.6. The first-order valence-corrected chi connectivity index (χ1v) is 6.22. The molecule has 19 heavy (non-hydrogen) atoms. The van der Waals surface area contributed by atoms with Crippen molar-refractivity contribution >= 4 is 17.5 Å². The second-order valence-electron chi connectivity index (χ2n) is 4.65. The number of benzene rings is 1. The molecule has 0 atom stereocenters. The average molecular weight is 264 g/mol. The van der Waals surface area contributed by atoms with E-state index in [9.17, 15) is 9.59 Å². The lowest BCUT2D eigenvalue weighted by Gasteiger charge is -2.08. The number of rotatable bonds is 6. The van der Waals surface area contributed by atoms with Gasteiger partial charge in [0.1, 0.15) is 12.2 Å². The third-order valence-corrected chi connectivity index (χ3v) is 2.40. The van der Waals surface area contributed by atoms with Gasteiger partial charge in [-0.2, -0.15) is 0 Å². The molecule has 0 fully saturated rings. The molecule has 0 saturated carbocycles. The summed E-state index contributed by atoms with van der Waals surface area (Å²) in [5, 5.41) is 5.35. The Hall–Kier alpha value is -2.04. The Kier molecular flexibility index (Phi) is 5.85. The van der Waals surface area contributed by atoms with Crippen LogP contribution >= 0.6 is 0 Å². The second kappa shape index (κ2) is 7.41. The fourth-order valence-electron chi connectivity index (χ4n) is 1.41. The molecule has 104 valence electrons. The number of hydrogen-bond acceptors (Lipinski definition) is 3. The minimum absolute atomic E-state index is 0.168. The Morgan fingerprint density at radius 2 is 1.79 bits per heavy atom. The van der Waals surface area contributed by atoms with Gasteiger partial charge in [0.2, 0.25) is 11.8 Å². The summed E-state index contributed by atoms with van der Waals surface area (Å²) in [5.41, 5.74) is 0.641. The quantitative estimate of drug-likeness (QED) is 0.770. The first-order chi connectivity index (χ1) is 9.01. The molecule has 5 nitrogen and oxygen atoms in total. The summed E-state index contributed by atoms with van der Waals surface area (Å²) in [5.74, 6) is 0.493.